The van der Waals surface area contributed by atoms with Gasteiger partial charge >= 0.3 is 6.18 Å². The summed E-state index contributed by atoms with van der Waals surface area (Å²) in [5.74, 6) is -1.15. The molecule has 1 heterocycles. The van der Waals surface area contributed by atoms with Crippen molar-refractivity contribution in [2.45, 2.75) is 38.1 Å². The highest BCUT2D eigenvalue weighted by Crippen LogP contribution is 2.33. The molecule has 1 saturated heterocycles. The van der Waals surface area contributed by atoms with E-state index in [1.54, 1.807) is 0 Å². The molecule has 10 heteroatoms. The normalized spacial score (nSPS) is 16.6. The van der Waals surface area contributed by atoms with Crippen LogP contribution in [0.5, 0.6) is 0 Å². The molecule has 0 radical (unpaired) electrons. The number of nitrogens with zero attached hydrogens (tertiary/aromatic N) is 2. The van der Waals surface area contributed by atoms with Crippen LogP contribution in [0.25, 0.3) is 0 Å². The quantitative estimate of drug-likeness (QED) is 0.335. The molecule has 188 valence electrons. The van der Waals surface area contributed by atoms with Crippen LogP contribution in [0.2, 0.25) is 0 Å². The van der Waals surface area contributed by atoms with E-state index in [1.165, 1.54) is 16.4 Å². The summed E-state index contributed by atoms with van der Waals surface area (Å²) >= 11 is 0. The van der Waals surface area contributed by atoms with Crippen LogP contribution in [0, 0.1) is 5.82 Å². The number of benzene rings is 2. The fraction of sp³-hybridized carbons (Fsp3) is 0.500. The summed E-state index contributed by atoms with van der Waals surface area (Å²) in [5, 5.41) is 0. The minimum absolute atomic E-state index is 0.00112. The predicted molar refractivity (Wildman–Crippen MR) is 122 cm³/mol. The summed E-state index contributed by atoms with van der Waals surface area (Å²) in [4.78, 5) is 1.93. The largest absolute Gasteiger partial charge is 0.419 e. The molecule has 1 unspecified atom stereocenters. The van der Waals surface area contributed by atoms with Gasteiger partial charge in [0.1, 0.15) is 5.82 Å². The lowest BCUT2D eigenvalue weighted by atomic mass is 10.00. The Hall–Kier alpha value is -2.01. The number of hydrogen-bond donors (Lipinski definition) is 0. The summed E-state index contributed by atoms with van der Waals surface area (Å²) in [6.07, 6.45) is -3.18. The van der Waals surface area contributed by atoms with E-state index in [-0.39, 0.29) is 24.1 Å². The van der Waals surface area contributed by atoms with Gasteiger partial charge in [0.25, 0.3) is 0 Å². The SMILES string of the molecule is CC(CN(CCCOC1CN(S(C)(=O)=O)C1)Cc1cccc(C(F)(F)F)c1F)c1ccccc1. The molecule has 0 N–H and O–H groups in total. The fourth-order valence-electron chi connectivity index (χ4n) is 3.99. The highest BCUT2D eigenvalue weighted by Gasteiger charge is 2.35. The van der Waals surface area contributed by atoms with Crippen LogP contribution in [-0.2, 0) is 27.5 Å². The van der Waals surface area contributed by atoms with Gasteiger partial charge in [-0.15, -0.1) is 0 Å². The number of ether oxygens (including phenoxy) is 1. The molecule has 5 nitrogen and oxygen atoms in total. The first-order chi connectivity index (χ1) is 15.9. The fourth-order valence-corrected chi connectivity index (χ4v) is 4.86. The van der Waals surface area contributed by atoms with Crippen molar-refractivity contribution in [2.24, 2.45) is 0 Å². The minimum atomic E-state index is -4.75. The maximum atomic E-state index is 14.6. The lowest BCUT2D eigenvalue weighted by molar-refractivity contribution is -0.140. The van der Waals surface area contributed by atoms with Crippen LogP contribution in [0.15, 0.2) is 48.5 Å². The van der Waals surface area contributed by atoms with Crippen molar-refractivity contribution in [3.8, 4) is 0 Å². The molecule has 1 aliphatic rings. The molecule has 0 aromatic heterocycles. The van der Waals surface area contributed by atoms with Crippen molar-refractivity contribution in [2.75, 3.05) is 39.0 Å². The predicted octanol–water partition coefficient (Wildman–Crippen LogP) is 4.50. The van der Waals surface area contributed by atoms with Gasteiger partial charge in [-0.3, -0.25) is 4.90 Å². The highest BCUT2D eigenvalue weighted by molar-refractivity contribution is 7.88. The van der Waals surface area contributed by atoms with Crippen molar-refractivity contribution in [1.82, 2.24) is 9.21 Å². The zero-order chi connectivity index (χ0) is 24.9. The van der Waals surface area contributed by atoms with Crippen LogP contribution in [0.1, 0.15) is 36.0 Å². The van der Waals surface area contributed by atoms with Gasteiger partial charge in [-0.1, -0.05) is 49.4 Å². The van der Waals surface area contributed by atoms with Crippen molar-refractivity contribution < 1.29 is 30.7 Å². The molecule has 34 heavy (non-hydrogen) atoms. The average Bonchev–Trinajstić information content (AvgIpc) is 2.72. The third kappa shape index (κ3) is 7.24. The van der Waals surface area contributed by atoms with E-state index in [9.17, 15) is 26.0 Å². The molecule has 1 aliphatic heterocycles. The number of halogens is 4. The molecule has 0 bridgehead atoms. The molecule has 0 spiro atoms. The molecule has 2 aromatic rings. The zero-order valence-electron chi connectivity index (χ0n) is 19.3. The number of hydrogen-bond acceptors (Lipinski definition) is 4. The van der Waals surface area contributed by atoms with E-state index in [4.69, 9.17) is 4.74 Å². The summed E-state index contributed by atoms with van der Waals surface area (Å²) in [5.41, 5.74) is -0.174. The van der Waals surface area contributed by atoms with E-state index in [0.29, 0.717) is 39.2 Å². The van der Waals surface area contributed by atoms with E-state index in [1.807, 2.05) is 42.2 Å². The monoisotopic (exact) mass is 502 g/mol. The Bertz CT molecular complexity index is 1040. The Balaban J connectivity index is 1.62. The molecule has 0 saturated carbocycles. The van der Waals surface area contributed by atoms with E-state index in [0.717, 1.165) is 17.9 Å². The van der Waals surface area contributed by atoms with Gasteiger partial charge < -0.3 is 4.74 Å². The average molecular weight is 503 g/mol. The Kier molecular flexibility index (Phi) is 8.72. The van der Waals surface area contributed by atoms with E-state index in [2.05, 4.69) is 0 Å². The Morgan fingerprint density at radius 3 is 2.41 bits per heavy atom. The molecule has 1 fully saturated rings. The molecule has 2 aromatic carbocycles. The molecule has 0 aliphatic carbocycles. The smallest absolute Gasteiger partial charge is 0.375 e. The van der Waals surface area contributed by atoms with Gasteiger partial charge in [0.15, 0.2) is 0 Å². The summed E-state index contributed by atoms with van der Waals surface area (Å²) in [6, 6.07) is 13.1. The highest BCUT2D eigenvalue weighted by atomic mass is 32.2. The first-order valence-corrected chi connectivity index (χ1v) is 13.0. The van der Waals surface area contributed by atoms with Gasteiger partial charge in [-0.05, 0) is 24.0 Å². The zero-order valence-corrected chi connectivity index (χ0v) is 20.1. The topological polar surface area (TPSA) is 49.9 Å². The second-order valence-corrected chi connectivity index (χ2v) is 10.7. The van der Waals surface area contributed by atoms with Crippen molar-refractivity contribution in [3.05, 3.63) is 71.0 Å². The van der Waals surface area contributed by atoms with Crippen LogP contribution in [0.3, 0.4) is 0 Å². The summed E-state index contributed by atoms with van der Waals surface area (Å²) in [6.45, 7) is 4.11. The number of rotatable bonds is 11. The summed E-state index contributed by atoms with van der Waals surface area (Å²) in [7, 11) is -3.21. The molecule has 1 atom stereocenters. The Morgan fingerprint density at radius 2 is 1.79 bits per heavy atom. The van der Waals surface area contributed by atoms with E-state index < -0.39 is 27.6 Å². The lowest BCUT2D eigenvalue weighted by Crippen LogP contribution is -2.54. The molecular weight excluding hydrogens is 472 g/mol. The maximum Gasteiger partial charge on any atom is 0.419 e. The molecule has 0 amide bonds. The first kappa shape index (κ1) is 26.6. The third-order valence-corrected chi connectivity index (χ3v) is 7.17. The van der Waals surface area contributed by atoms with Gasteiger partial charge in [-0.2, -0.15) is 17.5 Å². The second kappa shape index (κ2) is 11.2. The minimum Gasteiger partial charge on any atom is -0.375 e. The molecular formula is C24H30F4N2O3S. The third-order valence-electron chi connectivity index (χ3n) is 5.93. The van der Waals surface area contributed by atoms with Crippen LogP contribution >= 0.6 is 0 Å². The Morgan fingerprint density at radius 1 is 1.12 bits per heavy atom. The number of sulfonamides is 1. The van der Waals surface area contributed by atoms with Crippen LogP contribution < -0.4 is 0 Å². The van der Waals surface area contributed by atoms with Crippen molar-refractivity contribution >= 4 is 10.0 Å². The van der Waals surface area contributed by atoms with Crippen LogP contribution in [0.4, 0.5) is 17.6 Å². The van der Waals surface area contributed by atoms with Gasteiger partial charge in [0, 0.05) is 44.9 Å². The van der Waals surface area contributed by atoms with Crippen molar-refractivity contribution in [3.63, 3.8) is 0 Å². The van der Waals surface area contributed by atoms with Crippen molar-refractivity contribution in [1.29, 1.82) is 0 Å². The Labute approximate surface area is 198 Å². The van der Waals surface area contributed by atoms with Crippen LogP contribution in [-0.4, -0.2) is 62.8 Å². The first-order valence-electron chi connectivity index (χ1n) is 11.1. The summed E-state index contributed by atoms with van der Waals surface area (Å²) < 4.78 is 84.1. The lowest BCUT2D eigenvalue weighted by Gasteiger charge is -2.37. The number of alkyl halides is 3. The van der Waals surface area contributed by atoms with Gasteiger partial charge in [-0.25, -0.2) is 12.8 Å². The maximum absolute atomic E-state index is 14.6. The van der Waals surface area contributed by atoms with Gasteiger partial charge in [0.2, 0.25) is 10.0 Å². The van der Waals surface area contributed by atoms with E-state index >= 15 is 0 Å². The second-order valence-electron chi connectivity index (χ2n) is 8.75. The standard InChI is InChI=1S/C24H30F4N2O3S/c1-18(19-8-4-3-5-9-19)14-29(12-7-13-33-21-16-30(17-21)34(2,31)32)15-20-10-6-11-22(23(20)25)24(26,27)28/h3-6,8-11,18,21H,7,12-17H2,1-2H3. The van der Waals surface area contributed by atoms with Gasteiger partial charge in [0.05, 0.1) is 17.9 Å². The molecule has 3 rings (SSSR count).